The number of aryl methyl sites for hydroxylation is 1. The lowest BCUT2D eigenvalue weighted by molar-refractivity contribution is -0.123. The Kier molecular flexibility index (Phi) is 8.12. The molecule has 1 amide bonds. The summed E-state index contributed by atoms with van der Waals surface area (Å²) < 4.78 is 32.0. The highest BCUT2D eigenvalue weighted by Gasteiger charge is 2.30. The van der Waals surface area contributed by atoms with Gasteiger partial charge in [-0.1, -0.05) is 23.7 Å². The quantitative estimate of drug-likeness (QED) is 0.569. The van der Waals surface area contributed by atoms with Crippen LogP contribution < -0.4 is 9.62 Å². The number of hydrogen-bond acceptors (Lipinski definition) is 8. The summed E-state index contributed by atoms with van der Waals surface area (Å²) in [5.41, 5.74) is 1.45. The first-order valence-electron chi connectivity index (χ1n) is 10.8. The van der Waals surface area contributed by atoms with Crippen LogP contribution in [0.1, 0.15) is 46.9 Å². The molecule has 0 radical (unpaired) electrons. The number of amides is 1. The van der Waals surface area contributed by atoms with Crippen molar-refractivity contribution in [2.75, 3.05) is 24.6 Å². The minimum absolute atomic E-state index is 0.215. The van der Waals surface area contributed by atoms with E-state index in [-0.39, 0.29) is 23.5 Å². The van der Waals surface area contributed by atoms with E-state index >= 15 is 0 Å². The molecule has 1 aliphatic rings. The van der Waals surface area contributed by atoms with Gasteiger partial charge in [-0.05, 0) is 50.5 Å². The fourth-order valence-corrected chi connectivity index (χ4v) is 5.06. The number of nitrogens with zero attached hydrogens (tertiary/aromatic N) is 3. The molecule has 9 nitrogen and oxygen atoms in total. The third-order valence-corrected chi connectivity index (χ3v) is 6.98. The number of nitrogens with one attached hydrogen (secondary N) is 1. The number of nitriles is 1. The van der Waals surface area contributed by atoms with Crippen LogP contribution in [-0.2, 0) is 25.3 Å². The first-order chi connectivity index (χ1) is 16.1. The van der Waals surface area contributed by atoms with Crippen molar-refractivity contribution < 1.29 is 22.7 Å². The van der Waals surface area contributed by atoms with Gasteiger partial charge in [0.15, 0.2) is 0 Å². The van der Waals surface area contributed by atoms with E-state index in [1.165, 1.54) is 6.07 Å². The Labute approximate surface area is 203 Å². The number of carbonyl (C=O) groups is 2. The molecule has 34 heavy (non-hydrogen) atoms. The average Bonchev–Trinajstić information content (AvgIpc) is 2.80. The number of esters is 1. The van der Waals surface area contributed by atoms with Gasteiger partial charge < -0.3 is 9.64 Å². The lowest BCUT2D eigenvalue weighted by atomic mass is 9.96. The Morgan fingerprint density at radius 3 is 2.50 bits per heavy atom. The van der Waals surface area contributed by atoms with Gasteiger partial charge in [-0.2, -0.15) is 5.26 Å². The van der Waals surface area contributed by atoms with Gasteiger partial charge in [0.05, 0.1) is 29.2 Å². The number of carbonyl (C=O) groups excluding carboxylic acids is 2. The number of benzene rings is 1. The fourth-order valence-electron chi connectivity index (χ4n) is 3.76. The molecule has 180 valence electrons. The summed E-state index contributed by atoms with van der Waals surface area (Å²) in [6.45, 7) is 4.41. The summed E-state index contributed by atoms with van der Waals surface area (Å²) >= 11 is 5.82. The van der Waals surface area contributed by atoms with Crippen molar-refractivity contribution in [3.63, 3.8) is 0 Å². The molecule has 0 spiro atoms. The smallest absolute Gasteiger partial charge is 0.340 e. The SMILES string of the molecule is CCOC(=O)c1cc(C#N)c(N2CCC(C(=O)NS(=O)(=O)Cc3ccc(Cl)cc3)CC2)nc1C. The van der Waals surface area contributed by atoms with E-state index in [4.69, 9.17) is 16.3 Å². The standard InChI is InChI=1S/C23H25ClN4O5S/c1-3-33-23(30)20-12-18(13-25)21(26-15(20)2)28-10-8-17(9-11-28)22(29)27-34(31,32)14-16-4-6-19(24)7-5-16/h4-7,12,17H,3,8-11,14H2,1-2H3,(H,27,29). The maximum absolute atomic E-state index is 12.6. The molecule has 11 heteroatoms. The first kappa shape index (κ1) is 25.5. The zero-order valence-corrected chi connectivity index (χ0v) is 20.4. The predicted octanol–water partition coefficient (Wildman–Crippen LogP) is 2.95. The van der Waals surface area contributed by atoms with Gasteiger partial charge in [0.2, 0.25) is 15.9 Å². The molecular formula is C23H25ClN4O5S. The van der Waals surface area contributed by atoms with Gasteiger partial charge >= 0.3 is 5.97 Å². The molecule has 3 rings (SSSR count). The minimum atomic E-state index is -3.85. The zero-order valence-electron chi connectivity index (χ0n) is 18.9. The lowest BCUT2D eigenvalue weighted by Gasteiger charge is -2.32. The van der Waals surface area contributed by atoms with Crippen LogP contribution in [-0.4, -0.2) is 45.0 Å². The maximum Gasteiger partial charge on any atom is 0.340 e. The summed E-state index contributed by atoms with van der Waals surface area (Å²) in [5.74, 6) is -1.46. The van der Waals surface area contributed by atoms with Crippen LogP contribution in [0.5, 0.6) is 0 Å². The van der Waals surface area contributed by atoms with Gasteiger partial charge in [-0.15, -0.1) is 0 Å². The van der Waals surface area contributed by atoms with Crippen LogP contribution in [0.15, 0.2) is 30.3 Å². The molecule has 2 heterocycles. The highest BCUT2D eigenvalue weighted by Crippen LogP contribution is 2.27. The molecule has 0 atom stereocenters. The van der Waals surface area contributed by atoms with Crippen molar-refractivity contribution in [1.82, 2.24) is 9.71 Å². The molecule has 0 saturated carbocycles. The van der Waals surface area contributed by atoms with Gasteiger partial charge in [0, 0.05) is 24.0 Å². The van der Waals surface area contributed by atoms with E-state index in [1.807, 2.05) is 4.90 Å². The maximum atomic E-state index is 12.6. The molecule has 1 aromatic heterocycles. The first-order valence-corrected chi connectivity index (χ1v) is 12.8. The van der Waals surface area contributed by atoms with Crippen LogP contribution in [0.25, 0.3) is 0 Å². The monoisotopic (exact) mass is 504 g/mol. The normalized spacial score (nSPS) is 14.4. The topological polar surface area (TPSA) is 129 Å². The van der Waals surface area contributed by atoms with E-state index in [0.29, 0.717) is 48.0 Å². The molecule has 1 N–H and O–H groups in total. The number of piperidine rings is 1. The average molecular weight is 505 g/mol. The third kappa shape index (κ3) is 6.24. The molecule has 2 aromatic rings. The number of aromatic nitrogens is 1. The van der Waals surface area contributed by atoms with Crippen molar-refractivity contribution in [3.05, 3.63) is 57.7 Å². The number of sulfonamides is 1. The van der Waals surface area contributed by atoms with Gasteiger partial charge in [0.25, 0.3) is 0 Å². The Morgan fingerprint density at radius 2 is 1.91 bits per heavy atom. The van der Waals surface area contributed by atoms with Crippen LogP contribution in [0, 0.1) is 24.2 Å². The van der Waals surface area contributed by atoms with Crippen molar-refractivity contribution >= 4 is 39.3 Å². The Balaban J connectivity index is 1.64. The van der Waals surface area contributed by atoms with Crippen LogP contribution in [0.3, 0.4) is 0 Å². The fraction of sp³-hybridized carbons (Fsp3) is 0.391. The van der Waals surface area contributed by atoms with Crippen molar-refractivity contribution in [2.24, 2.45) is 5.92 Å². The van der Waals surface area contributed by atoms with Crippen LogP contribution >= 0.6 is 11.6 Å². The molecule has 1 aromatic carbocycles. The lowest BCUT2D eigenvalue weighted by Crippen LogP contribution is -2.43. The summed E-state index contributed by atoms with van der Waals surface area (Å²) in [6, 6.07) is 9.92. The summed E-state index contributed by atoms with van der Waals surface area (Å²) in [5, 5.41) is 10.1. The molecule has 1 fully saturated rings. The molecule has 0 unspecified atom stereocenters. The molecule has 0 aliphatic carbocycles. The third-order valence-electron chi connectivity index (χ3n) is 5.50. The highest BCUT2D eigenvalue weighted by atomic mass is 35.5. The largest absolute Gasteiger partial charge is 0.462 e. The van der Waals surface area contributed by atoms with E-state index in [9.17, 15) is 23.3 Å². The summed E-state index contributed by atoms with van der Waals surface area (Å²) in [6.07, 6.45) is 0.793. The van der Waals surface area contributed by atoms with Crippen molar-refractivity contribution in [1.29, 1.82) is 5.26 Å². The second-order valence-corrected chi connectivity index (χ2v) is 10.1. The second kappa shape index (κ2) is 10.8. The Morgan fingerprint density at radius 1 is 1.26 bits per heavy atom. The number of pyridine rings is 1. The van der Waals surface area contributed by atoms with Gasteiger partial charge in [0.1, 0.15) is 11.9 Å². The van der Waals surface area contributed by atoms with Gasteiger partial charge in [-0.3, -0.25) is 9.52 Å². The number of rotatable bonds is 7. The zero-order chi connectivity index (χ0) is 24.9. The Bertz CT molecular complexity index is 1220. The van der Waals surface area contributed by atoms with Crippen molar-refractivity contribution in [2.45, 2.75) is 32.4 Å². The number of anilines is 1. The molecule has 1 saturated heterocycles. The Hall–Kier alpha value is -3.16. The molecular weight excluding hydrogens is 480 g/mol. The van der Waals surface area contributed by atoms with E-state index in [2.05, 4.69) is 15.8 Å². The number of ether oxygens (including phenoxy) is 1. The number of hydrogen-bond donors (Lipinski definition) is 1. The van der Waals surface area contributed by atoms with Crippen LogP contribution in [0.4, 0.5) is 5.82 Å². The summed E-state index contributed by atoms with van der Waals surface area (Å²) in [7, 11) is -3.85. The predicted molar refractivity (Wildman–Crippen MR) is 127 cm³/mol. The highest BCUT2D eigenvalue weighted by molar-refractivity contribution is 7.89. The molecule has 1 aliphatic heterocycles. The minimum Gasteiger partial charge on any atom is -0.462 e. The van der Waals surface area contributed by atoms with Gasteiger partial charge in [-0.25, -0.2) is 18.2 Å². The number of halogens is 1. The van der Waals surface area contributed by atoms with E-state index < -0.39 is 27.8 Å². The van der Waals surface area contributed by atoms with E-state index in [0.717, 1.165) is 0 Å². The molecule has 0 bridgehead atoms. The second-order valence-electron chi connectivity index (χ2n) is 7.94. The van der Waals surface area contributed by atoms with Crippen LogP contribution in [0.2, 0.25) is 5.02 Å². The van der Waals surface area contributed by atoms with E-state index in [1.54, 1.807) is 38.1 Å². The summed E-state index contributed by atoms with van der Waals surface area (Å²) in [4.78, 5) is 31.0. The van der Waals surface area contributed by atoms with Crippen molar-refractivity contribution in [3.8, 4) is 6.07 Å².